The molecule has 0 saturated heterocycles. The Hall–Kier alpha value is -1.92. The van der Waals surface area contributed by atoms with Crippen molar-refractivity contribution in [2.75, 3.05) is 11.9 Å². The molecule has 0 spiro atoms. The second-order valence-electron chi connectivity index (χ2n) is 5.59. The average Bonchev–Trinajstić information content (AvgIpc) is 2.89. The van der Waals surface area contributed by atoms with Crippen LogP contribution in [-0.4, -0.2) is 27.7 Å². The van der Waals surface area contributed by atoms with Crippen LogP contribution >= 0.6 is 11.6 Å². The minimum Gasteiger partial charge on any atom is -0.393 e. The predicted molar refractivity (Wildman–Crippen MR) is 85.2 cm³/mol. The average molecular weight is 322 g/mol. The van der Waals surface area contributed by atoms with E-state index in [9.17, 15) is 15.2 Å². The third-order valence-electron chi connectivity index (χ3n) is 4.14. The molecular formula is C15H16ClN3O3. The van der Waals surface area contributed by atoms with Crippen LogP contribution in [-0.2, 0) is 0 Å². The number of anilines is 1. The highest BCUT2D eigenvalue weighted by Gasteiger charge is 2.26. The molecule has 2 atom stereocenters. The van der Waals surface area contributed by atoms with E-state index < -0.39 is 4.92 Å². The van der Waals surface area contributed by atoms with Gasteiger partial charge in [-0.15, -0.1) is 0 Å². The van der Waals surface area contributed by atoms with Crippen LogP contribution < -0.4 is 5.32 Å². The molecule has 1 aromatic heterocycles. The number of benzene rings is 1. The minimum absolute atomic E-state index is 0.0326. The lowest BCUT2D eigenvalue weighted by Crippen LogP contribution is -2.22. The first-order chi connectivity index (χ1) is 10.5. The highest BCUT2D eigenvalue weighted by atomic mass is 35.5. The summed E-state index contributed by atoms with van der Waals surface area (Å²) in [4.78, 5) is 14.9. The predicted octanol–water partition coefficient (Wildman–Crippen LogP) is 3.37. The van der Waals surface area contributed by atoms with Gasteiger partial charge < -0.3 is 10.4 Å². The van der Waals surface area contributed by atoms with E-state index in [-0.39, 0.29) is 17.7 Å². The molecule has 1 aliphatic rings. The van der Waals surface area contributed by atoms with Gasteiger partial charge in [-0.3, -0.25) is 10.1 Å². The molecule has 116 valence electrons. The molecule has 1 heterocycles. The van der Waals surface area contributed by atoms with Gasteiger partial charge in [-0.05, 0) is 31.0 Å². The van der Waals surface area contributed by atoms with E-state index in [0.29, 0.717) is 22.9 Å². The number of aliphatic hydroxyl groups excluding tert-OH is 1. The molecule has 7 heteroatoms. The van der Waals surface area contributed by atoms with E-state index in [2.05, 4.69) is 10.3 Å². The lowest BCUT2D eigenvalue weighted by molar-refractivity contribution is -0.383. The Morgan fingerprint density at radius 1 is 1.41 bits per heavy atom. The quantitative estimate of drug-likeness (QED) is 0.512. The monoisotopic (exact) mass is 321 g/mol. The summed E-state index contributed by atoms with van der Waals surface area (Å²) in [5.41, 5.74) is 0.904. The van der Waals surface area contributed by atoms with Crippen LogP contribution in [0, 0.1) is 16.0 Å². The van der Waals surface area contributed by atoms with Crippen LogP contribution in [0.4, 0.5) is 11.4 Å². The Balaban J connectivity index is 1.91. The number of hydrogen-bond acceptors (Lipinski definition) is 5. The van der Waals surface area contributed by atoms with Crippen LogP contribution in [0.1, 0.15) is 19.3 Å². The van der Waals surface area contributed by atoms with Gasteiger partial charge in [0.2, 0.25) is 0 Å². The van der Waals surface area contributed by atoms with Crippen molar-refractivity contribution >= 4 is 33.9 Å². The number of nitrogens with zero attached hydrogens (tertiary/aromatic N) is 2. The Morgan fingerprint density at radius 2 is 2.23 bits per heavy atom. The highest BCUT2D eigenvalue weighted by molar-refractivity contribution is 6.29. The summed E-state index contributed by atoms with van der Waals surface area (Å²) in [7, 11) is 0. The standard InChI is InChI=1S/C15H16ClN3O3/c16-15-5-4-9-6-12(13(19(21)22)7-11(9)18-15)17-8-10-2-1-3-14(10)20/h4-7,10,14,17,20H,1-3,8H2/t10-,14+/m1/s1. The van der Waals surface area contributed by atoms with Crippen molar-refractivity contribution in [3.05, 3.63) is 39.5 Å². The number of rotatable bonds is 4. The van der Waals surface area contributed by atoms with Crippen molar-refractivity contribution in [2.24, 2.45) is 5.92 Å². The summed E-state index contributed by atoms with van der Waals surface area (Å²) >= 11 is 5.83. The second kappa shape index (κ2) is 6.06. The molecule has 2 aromatic rings. The molecule has 1 fully saturated rings. The molecule has 0 radical (unpaired) electrons. The zero-order valence-corrected chi connectivity index (χ0v) is 12.6. The molecule has 6 nitrogen and oxygen atoms in total. The molecule has 1 aromatic carbocycles. The topological polar surface area (TPSA) is 88.3 Å². The number of halogens is 1. The second-order valence-corrected chi connectivity index (χ2v) is 5.98. The summed E-state index contributed by atoms with van der Waals surface area (Å²) in [5, 5.41) is 25.3. The van der Waals surface area contributed by atoms with Crippen LogP contribution in [0.3, 0.4) is 0 Å². The van der Waals surface area contributed by atoms with Gasteiger partial charge in [0.25, 0.3) is 5.69 Å². The van der Waals surface area contributed by atoms with Crippen LogP contribution in [0.5, 0.6) is 0 Å². The Bertz CT molecular complexity index is 722. The summed E-state index contributed by atoms with van der Waals surface area (Å²) in [5.74, 6) is 0.138. The van der Waals surface area contributed by atoms with Gasteiger partial charge in [0.1, 0.15) is 10.8 Å². The lowest BCUT2D eigenvalue weighted by atomic mass is 10.1. The number of nitro benzene ring substituents is 1. The number of aromatic nitrogens is 1. The number of aliphatic hydroxyl groups is 1. The number of hydrogen-bond donors (Lipinski definition) is 2. The summed E-state index contributed by atoms with van der Waals surface area (Å²) in [6.45, 7) is 0.522. The maximum atomic E-state index is 11.3. The van der Waals surface area contributed by atoms with Crippen LogP contribution in [0.15, 0.2) is 24.3 Å². The molecule has 0 aliphatic heterocycles. The number of nitro groups is 1. The first-order valence-electron chi connectivity index (χ1n) is 7.21. The van der Waals surface area contributed by atoms with Crippen LogP contribution in [0.2, 0.25) is 5.15 Å². The molecule has 3 rings (SSSR count). The van der Waals surface area contributed by atoms with Crippen molar-refractivity contribution in [2.45, 2.75) is 25.4 Å². The molecule has 0 unspecified atom stereocenters. The highest BCUT2D eigenvalue weighted by Crippen LogP contribution is 2.32. The maximum absolute atomic E-state index is 11.3. The number of pyridine rings is 1. The minimum atomic E-state index is -0.435. The molecular weight excluding hydrogens is 306 g/mol. The normalized spacial score (nSPS) is 21.2. The third-order valence-corrected chi connectivity index (χ3v) is 4.35. The largest absolute Gasteiger partial charge is 0.393 e. The molecule has 1 aliphatic carbocycles. The van der Waals surface area contributed by atoms with Crippen LogP contribution in [0.25, 0.3) is 10.9 Å². The van der Waals surface area contributed by atoms with E-state index in [1.807, 2.05) is 0 Å². The van der Waals surface area contributed by atoms with Gasteiger partial charge in [0.15, 0.2) is 0 Å². The van der Waals surface area contributed by atoms with E-state index in [4.69, 9.17) is 11.6 Å². The zero-order valence-electron chi connectivity index (χ0n) is 11.8. The van der Waals surface area contributed by atoms with Gasteiger partial charge in [0, 0.05) is 23.9 Å². The van der Waals surface area contributed by atoms with Gasteiger partial charge in [-0.2, -0.15) is 0 Å². The first-order valence-corrected chi connectivity index (χ1v) is 7.59. The van der Waals surface area contributed by atoms with Crippen molar-refractivity contribution in [1.82, 2.24) is 4.98 Å². The van der Waals surface area contributed by atoms with E-state index in [0.717, 1.165) is 24.6 Å². The maximum Gasteiger partial charge on any atom is 0.294 e. The van der Waals surface area contributed by atoms with E-state index in [1.165, 1.54) is 6.07 Å². The summed E-state index contributed by atoms with van der Waals surface area (Å²) < 4.78 is 0. The zero-order chi connectivity index (χ0) is 15.7. The van der Waals surface area contributed by atoms with Gasteiger partial charge in [-0.1, -0.05) is 18.0 Å². The fourth-order valence-corrected chi connectivity index (χ4v) is 3.08. The summed E-state index contributed by atoms with van der Waals surface area (Å²) in [6, 6.07) is 6.57. The molecule has 1 saturated carbocycles. The van der Waals surface area contributed by atoms with Gasteiger partial charge in [-0.25, -0.2) is 4.98 Å². The number of nitrogens with one attached hydrogen (secondary N) is 1. The van der Waals surface area contributed by atoms with Gasteiger partial charge in [0.05, 0.1) is 16.5 Å². The Morgan fingerprint density at radius 3 is 2.91 bits per heavy atom. The Kier molecular flexibility index (Phi) is 4.13. The molecule has 22 heavy (non-hydrogen) atoms. The van der Waals surface area contributed by atoms with Crippen molar-refractivity contribution in [3.63, 3.8) is 0 Å². The van der Waals surface area contributed by atoms with Crippen molar-refractivity contribution < 1.29 is 10.0 Å². The SMILES string of the molecule is O=[N+]([O-])c1cc2nc(Cl)ccc2cc1NC[C@H]1CCC[C@@H]1O. The lowest BCUT2D eigenvalue weighted by Gasteiger charge is -2.16. The molecule has 0 bridgehead atoms. The smallest absolute Gasteiger partial charge is 0.294 e. The van der Waals surface area contributed by atoms with Gasteiger partial charge >= 0.3 is 0 Å². The van der Waals surface area contributed by atoms with E-state index in [1.54, 1.807) is 18.2 Å². The first kappa shape index (κ1) is 15.0. The Labute approximate surface area is 132 Å². The molecule has 0 amide bonds. The van der Waals surface area contributed by atoms with E-state index >= 15 is 0 Å². The van der Waals surface area contributed by atoms with Crippen molar-refractivity contribution in [1.29, 1.82) is 0 Å². The fraction of sp³-hybridized carbons (Fsp3) is 0.400. The number of fused-ring (bicyclic) bond motifs is 1. The third kappa shape index (κ3) is 2.98. The molecule has 2 N–H and O–H groups in total. The van der Waals surface area contributed by atoms with Crippen molar-refractivity contribution in [3.8, 4) is 0 Å². The summed E-state index contributed by atoms with van der Waals surface area (Å²) in [6.07, 6.45) is 2.41. The fourth-order valence-electron chi connectivity index (χ4n) is 2.92.